The zero-order valence-electron chi connectivity index (χ0n) is 15.0. The normalized spacial score (nSPS) is 14.1. The van der Waals surface area contributed by atoms with E-state index in [0.29, 0.717) is 22.0 Å². The van der Waals surface area contributed by atoms with Crippen molar-refractivity contribution < 1.29 is 23.9 Å². The number of rotatable bonds is 5. The average Bonchev–Trinajstić information content (AvgIpc) is 3.07. The maximum absolute atomic E-state index is 12.3. The van der Waals surface area contributed by atoms with Gasteiger partial charge in [0.25, 0.3) is 5.91 Å². The summed E-state index contributed by atoms with van der Waals surface area (Å²) in [5.74, 6) is -1.04. The summed E-state index contributed by atoms with van der Waals surface area (Å²) < 4.78 is 10.7. The monoisotopic (exact) mass is 399 g/mol. The first kappa shape index (κ1) is 19.4. The number of amides is 2. The van der Waals surface area contributed by atoms with Crippen molar-refractivity contribution >= 4 is 39.8 Å². The average molecular weight is 399 g/mol. The van der Waals surface area contributed by atoms with Gasteiger partial charge in [-0.2, -0.15) is 5.26 Å². The third kappa shape index (κ3) is 4.29. The van der Waals surface area contributed by atoms with Crippen LogP contribution in [-0.2, 0) is 19.1 Å². The number of thiophene rings is 1. The molecule has 2 amide bonds. The lowest BCUT2D eigenvalue weighted by Crippen LogP contribution is -2.39. The molecule has 1 aromatic carbocycles. The summed E-state index contributed by atoms with van der Waals surface area (Å²) >= 11 is 1.20. The lowest BCUT2D eigenvalue weighted by Gasteiger charge is -2.22. The summed E-state index contributed by atoms with van der Waals surface area (Å²) in [6.45, 7) is 1.32. The van der Waals surface area contributed by atoms with Crippen LogP contribution in [0.4, 0.5) is 10.7 Å². The van der Waals surface area contributed by atoms with Gasteiger partial charge in [-0.1, -0.05) is 12.1 Å². The molecule has 2 heterocycles. The summed E-state index contributed by atoms with van der Waals surface area (Å²) in [5, 5.41) is 13.6. The molecule has 0 fully saturated rings. The minimum atomic E-state index is -1.09. The standard InChI is InChI=1S/C19H17N3O5S/c1-12(18(25)21-19-13(10-20)7-9-28-19)27-17(24)11-22-14-4-2-3-5-15(14)26-8-6-16(22)23/h2-5,7,9,12H,6,8,11H2,1H3,(H,21,25)/t12-/m1/s1. The number of carbonyl (C=O) groups is 3. The van der Waals surface area contributed by atoms with Crippen molar-refractivity contribution in [2.24, 2.45) is 0 Å². The van der Waals surface area contributed by atoms with Crippen molar-refractivity contribution in [3.8, 4) is 11.8 Å². The van der Waals surface area contributed by atoms with E-state index in [-0.39, 0.29) is 25.5 Å². The van der Waals surface area contributed by atoms with Crippen molar-refractivity contribution in [1.29, 1.82) is 5.26 Å². The first-order valence-corrected chi connectivity index (χ1v) is 9.37. The van der Waals surface area contributed by atoms with Gasteiger partial charge in [0.05, 0.1) is 24.3 Å². The second-order valence-corrected chi connectivity index (χ2v) is 6.86. The Morgan fingerprint density at radius 1 is 1.39 bits per heavy atom. The number of para-hydroxylation sites is 2. The maximum atomic E-state index is 12.3. The third-order valence-electron chi connectivity index (χ3n) is 4.02. The number of benzene rings is 1. The van der Waals surface area contributed by atoms with Gasteiger partial charge >= 0.3 is 5.97 Å². The third-order valence-corrected chi connectivity index (χ3v) is 4.85. The van der Waals surface area contributed by atoms with Gasteiger partial charge in [-0.15, -0.1) is 11.3 Å². The largest absolute Gasteiger partial charge is 0.491 e. The van der Waals surface area contributed by atoms with Crippen molar-refractivity contribution in [2.75, 3.05) is 23.4 Å². The molecular formula is C19H17N3O5S. The zero-order valence-corrected chi connectivity index (χ0v) is 15.8. The first-order chi connectivity index (χ1) is 13.5. The molecule has 1 N–H and O–H groups in total. The molecule has 1 aliphatic heterocycles. The second-order valence-electron chi connectivity index (χ2n) is 5.94. The van der Waals surface area contributed by atoms with Crippen LogP contribution in [-0.4, -0.2) is 37.0 Å². The summed E-state index contributed by atoms with van der Waals surface area (Å²) in [7, 11) is 0. The highest BCUT2D eigenvalue weighted by Crippen LogP contribution is 2.30. The van der Waals surface area contributed by atoms with Crippen LogP contribution in [0.25, 0.3) is 0 Å². The lowest BCUT2D eigenvalue weighted by molar-refractivity contribution is -0.152. The fourth-order valence-corrected chi connectivity index (χ4v) is 3.36. The Bertz CT molecular complexity index is 949. The summed E-state index contributed by atoms with van der Waals surface area (Å²) in [5.41, 5.74) is 0.819. The van der Waals surface area contributed by atoms with Crippen LogP contribution >= 0.6 is 11.3 Å². The highest BCUT2D eigenvalue weighted by Gasteiger charge is 2.27. The number of esters is 1. The number of hydrogen-bond acceptors (Lipinski definition) is 7. The molecule has 1 atom stereocenters. The SMILES string of the molecule is C[C@@H](OC(=O)CN1C(=O)CCOc2ccccc21)C(=O)Nc1sccc1C#N. The van der Waals surface area contributed by atoms with E-state index in [1.807, 2.05) is 6.07 Å². The fraction of sp³-hybridized carbons (Fsp3) is 0.263. The Morgan fingerprint density at radius 3 is 2.96 bits per heavy atom. The van der Waals surface area contributed by atoms with Gasteiger partial charge in [0.2, 0.25) is 5.91 Å². The van der Waals surface area contributed by atoms with Gasteiger partial charge in [-0.05, 0) is 30.5 Å². The predicted octanol–water partition coefficient (Wildman–Crippen LogP) is 2.31. The van der Waals surface area contributed by atoms with Crippen molar-refractivity contribution in [1.82, 2.24) is 0 Å². The Balaban J connectivity index is 1.64. The van der Waals surface area contributed by atoms with Crippen LogP contribution in [0.3, 0.4) is 0 Å². The smallest absolute Gasteiger partial charge is 0.326 e. The Hall–Kier alpha value is -3.38. The number of nitrogens with zero attached hydrogens (tertiary/aromatic N) is 2. The fourth-order valence-electron chi connectivity index (χ4n) is 2.62. The van der Waals surface area contributed by atoms with Gasteiger partial charge in [-0.25, -0.2) is 0 Å². The van der Waals surface area contributed by atoms with E-state index in [2.05, 4.69) is 5.32 Å². The number of fused-ring (bicyclic) bond motifs is 1. The maximum Gasteiger partial charge on any atom is 0.326 e. The summed E-state index contributed by atoms with van der Waals surface area (Å²) in [4.78, 5) is 38.2. The number of ether oxygens (including phenoxy) is 2. The molecule has 2 aromatic rings. The second kappa shape index (κ2) is 8.54. The highest BCUT2D eigenvalue weighted by molar-refractivity contribution is 7.14. The van der Waals surface area contributed by atoms with Crippen molar-refractivity contribution in [3.05, 3.63) is 41.3 Å². The molecule has 0 bridgehead atoms. The van der Waals surface area contributed by atoms with E-state index in [0.717, 1.165) is 0 Å². The van der Waals surface area contributed by atoms with Crippen molar-refractivity contribution in [2.45, 2.75) is 19.4 Å². The van der Waals surface area contributed by atoms with E-state index in [4.69, 9.17) is 14.7 Å². The van der Waals surface area contributed by atoms with Crippen molar-refractivity contribution in [3.63, 3.8) is 0 Å². The van der Waals surface area contributed by atoms with Crippen LogP contribution in [0.2, 0.25) is 0 Å². The molecule has 8 nitrogen and oxygen atoms in total. The minimum absolute atomic E-state index is 0.132. The van der Waals surface area contributed by atoms with Crippen LogP contribution in [0, 0.1) is 11.3 Å². The molecule has 144 valence electrons. The van der Waals surface area contributed by atoms with Crippen LogP contribution in [0.5, 0.6) is 5.75 Å². The molecule has 0 saturated carbocycles. The van der Waals surface area contributed by atoms with Gasteiger partial charge in [-0.3, -0.25) is 19.3 Å². The zero-order chi connectivity index (χ0) is 20.1. The number of hydrogen-bond donors (Lipinski definition) is 1. The topological polar surface area (TPSA) is 109 Å². The molecule has 0 unspecified atom stereocenters. The van der Waals surface area contributed by atoms with Gasteiger partial charge in [0.15, 0.2) is 6.10 Å². The molecule has 0 spiro atoms. The molecule has 1 aromatic heterocycles. The molecular weight excluding hydrogens is 382 g/mol. The molecule has 0 saturated heterocycles. The van der Waals surface area contributed by atoms with E-state index in [9.17, 15) is 14.4 Å². The Labute approximate surface area is 165 Å². The first-order valence-electron chi connectivity index (χ1n) is 8.49. The van der Waals surface area contributed by atoms with E-state index in [1.165, 1.54) is 23.2 Å². The molecule has 0 aliphatic carbocycles. The number of nitriles is 1. The summed E-state index contributed by atoms with van der Waals surface area (Å²) in [6.07, 6.45) is -0.956. The lowest BCUT2D eigenvalue weighted by atomic mass is 10.2. The van der Waals surface area contributed by atoms with Gasteiger partial charge in [0.1, 0.15) is 23.4 Å². The molecule has 28 heavy (non-hydrogen) atoms. The van der Waals surface area contributed by atoms with E-state index >= 15 is 0 Å². The summed E-state index contributed by atoms with van der Waals surface area (Å²) in [6, 6.07) is 10.5. The number of carbonyl (C=O) groups excluding carboxylic acids is 3. The van der Waals surface area contributed by atoms with E-state index < -0.39 is 18.0 Å². The van der Waals surface area contributed by atoms with Gasteiger partial charge < -0.3 is 14.8 Å². The van der Waals surface area contributed by atoms with Crippen LogP contribution in [0.15, 0.2) is 35.7 Å². The highest BCUT2D eigenvalue weighted by atomic mass is 32.1. The number of nitrogens with one attached hydrogen (secondary N) is 1. The van der Waals surface area contributed by atoms with Crippen LogP contribution in [0.1, 0.15) is 18.9 Å². The Morgan fingerprint density at radius 2 is 2.18 bits per heavy atom. The van der Waals surface area contributed by atoms with E-state index in [1.54, 1.807) is 35.7 Å². The molecule has 0 radical (unpaired) electrons. The quantitative estimate of drug-likeness (QED) is 0.773. The molecule has 3 rings (SSSR count). The Kier molecular flexibility index (Phi) is 5.91. The predicted molar refractivity (Wildman–Crippen MR) is 102 cm³/mol. The van der Waals surface area contributed by atoms with Crippen LogP contribution < -0.4 is 15.0 Å². The van der Waals surface area contributed by atoms with Gasteiger partial charge in [0, 0.05) is 0 Å². The molecule has 9 heteroatoms. The molecule has 1 aliphatic rings. The minimum Gasteiger partial charge on any atom is -0.491 e. The number of anilines is 2.